The zero-order valence-corrected chi connectivity index (χ0v) is 13.7. The van der Waals surface area contributed by atoms with Gasteiger partial charge in [-0.3, -0.25) is 5.32 Å². The summed E-state index contributed by atoms with van der Waals surface area (Å²) in [4.78, 5) is 4.32. The highest BCUT2D eigenvalue weighted by atomic mass is 35.5. The lowest BCUT2D eigenvalue weighted by atomic mass is 9.85. The van der Waals surface area contributed by atoms with E-state index in [1.165, 1.54) is 11.1 Å². The molecule has 0 radical (unpaired) electrons. The molecule has 2 unspecified atom stereocenters. The van der Waals surface area contributed by atoms with Gasteiger partial charge >= 0.3 is 0 Å². The molecule has 1 aliphatic rings. The van der Waals surface area contributed by atoms with Crippen molar-refractivity contribution in [3.8, 4) is 0 Å². The molecule has 0 spiro atoms. The Morgan fingerprint density at radius 1 is 1.43 bits per heavy atom. The summed E-state index contributed by atoms with van der Waals surface area (Å²) in [6, 6.07) is 6.50. The first-order chi connectivity index (χ1) is 9.87. The molecule has 1 aliphatic carbocycles. The number of fused-ring (bicyclic) bond motifs is 1. The summed E-state index contributed by atoms with van der Waals surface area (Å²) in [7, 11) is 0. The second-order valence-corrected chi connectivity index (χ2v) is 7.08. The molecule has 0 bridgehead atoms. The van der Waals surface area contributed by atoms with Crippen LogP contribution < -0.4 is 5.32 Å². The molecule has 0 aliphatic heterocycles. The topological polar surface area (TPSA) is 38.1 Å². The van der Waals surface area contributed by atoms with Crippen LogP contribution in [0.2, 0.25) is 5.02 Å². The SMILES string of the molecule is Cc1cnc(C(C)NC2c3cc(Cl)ccc3CC2(C)C)o1. The lowest BCUT2D eigenvalue weighted by molar-refractivity contribution is 0.239. The summed E-state index contributed by atoms with van der Waals surface area (Å²) >= 11 is 6.18. The van der Waals surface area contributed by atoms with E-state index < -0.39 is 0 Å². The number of rotatable bonds is 3. The smallest absolute Gasteiger partial charge is 0.211 e. The van der Waals surface area contributed by atoms with E-state index in [0.717, 1.165) is 23.1 Å². The van der Waals surface area contributed by atoms with Crippen molar-refractivity contribution in [1.82, 2.24) is 10.3 Å². The van der Waals surface area contributed by atoms with Crippen LogP contribution in [0.15, 0.2) is 28.8 Å². The van der Waals surface area contributed by atoms with Crippen LogP contribution >= 0.6 is 11.6 Å². The maximum absolute atomic E-state index is 6.18. The minimum absolute atomic E-state index is 0.0629. The summed E-state index contributed by atoms with van der Waals surface area (Å²) in [6.07, 6.45) is 2.81. The van der Waals surface area contributed by atoms with Crippen molar-refractivity contribution in [1.29, 1.82) is 0 Å². The third kappa shape index (κ3) is 2.72. The van der Waals surface area contributed by atoms with Crippen LogP contribution in [-0.2, 0) is 6.42 Å². The third-order valence-corrected chi connectivity index (χ3v) is 4.51. The van der Waals surface area contributed by atoms with Crippen LogP contribution in [-0.4, -0.2) is 4.98 Å². The second-order valence-electron chi connectivity index (χ2n) is 6.64. The first kappa shape index (κ1) is 14.6. The van der Waals surface area contributed by atoms with Crippen molar-refractivity contribution in [3.63, 3.8) is 0 Å². The number of nitrogens with zero attached hydrogens (tertiary/aromatic N) is 1. The molecule has 0 fully saturated rings. The maximum atomic E-state index is 6.18. The van der Waals surface area contributed by atoms with E-state index in [1.807, 2.05) is 13.0 Å². The van der Waals surface area contributed by atoms with Gasteiger partial charge in [-0.1, -0.05) is 31.5 Å². The Balaban J connectivity index is 1.89. The molecule has 0 amide bonds. The van der Waals surface area contributed by atoms with E-state index in [4.69, 9.17) is 16.0 Å². The summed E-state index contributed by atoms with van der Waals surface area (Å²) in [6.45, 7) is 8.57. The first-order valence-corrected chi connectivity index (χ1v) is 7.71. The summed E-state index contributed by atoms with van der Waals surface area (Å²) in [5, 5.41) is 4.46. The molecule has 1 heterocycles. The highest BCUT2D eigenvalue weighted by molar-refractivity contribution is 6.30. The van der Waals surface area contributed by atoms with Gasteiger partial charge in [-0.2, -0.15) is 0 Å². The summed E-state index contributed by atoms with van der Waals surface area (Å²) in [5.74, 6) is 1.58. The zero-order chi connectivity index (χ0) is 15.2. The fourth-order valence-electron chi connectivity index (χ4n) is 3.22. The molecule has 2 atom stereocenters. The van der Waals surface area contributed by atoms with Crippen molar-refractivity contribution < 1.29 is 4.42 Å². The monoisotopic (exact) mass is 304 g/mol. The minimum atomic E-state index is 0.0629. The Morgan fingerprint density at radius 2 is 2.19 bits per heavy atom. The Bertz CT molecular complexity index is 663. The quantitative estimate of drug-likeness (QED) is 0.900. The van der Waals surface area contributed by atoms with Crippen molar-refractivity contribution in [2.24, 2.45) is 5.41 Å². The fourth-order valence-corrected chi connectivity index (χ4v) is 3.40. The molecule has 0 saturated heterocycles. The Kier molecular flexibility index (Phi) is 3.58. The molecule has 0 saturated carbocycles. The highest BCUT2D eigenvalue weighted by Gasteiger charge is 2.39. The number of aromatic nitrogens is 1. The van der Waals surface area contributed by atoms with Gasteiger partial charge in [0, 0.05) is 11.1 Å². The van der Waals surface area contributed by atoms with Gasteiger partial charge in [0.2, 0.25) is 5.89 Å². The minimum Gasteiger partial charge on any atom is -0.444 e. The largest absolute Gasteiger partial charge is 0.444 e. The molecular weight excluding hydrogens is 284 g/mol. The van der Waals surface area contributed by atoms with E-state index in [2.05, 4.69) is 43.2 Å². The van der Waals surface area contributed by atoms with Gasteiger partial charge in [-0.25, -0.2) is 4.98 Å². The molecule has 1 aromatic carbocycles. The highest BCUT2D eigenvalue weighted by Crippen LogP contribution is 2.46. The first-order valence-electron chi connectivity index (χ1n) is 7.33. The van der Waals surface area contributed by atoms with Crippen LogP contribution in [0.5, 0.6) is 0 Å². The van der Waals surface area contributed by atoms with Gasteiger partial charge in [0.1, 0.15) is 5.76 Å². The van der Waals surface area contributed by atoms with E-state index in [9.17, 15) is 0 Å². The molecule has 112 valence electrons. The van der Waals surface area contributed by atoms with Gasteiger partial charge in [0.05, 0.1) is 12.2 Å². The van der Waals surface area contributed by atoms with Crippen LogP contribution in [0.1, 0.15) is 55.6 Å². The van der Waals surface area contributed by atoms with E-state index in [0.29, 0.717) is 0 Å². The Morgan fingerprint density at radius 3 is 2.86 bits per heavy atom. The number of benzene rings is 1. The standard InChI is InChI=1S/C17H21ClN2O/c1-10-9-19-16(21-10)11(2)20-15-14-7-13(18)6-5-12(14)8-17(15,3)4/h5-7,9,11,15,20H,8H2,1-4H3. The van der Waals surface area contributed by atoms with Crippen LogP contribution in [0, 0.1) is 12.3 Å². The Hall–Kier alpha value is -1.32. The zero-order valence-electron chi connectivity index (χ0n) is 12.9. The molecular formula is C17H21ClN2O. The van der Waals surface area contributed by atoms with Gasteiger partial charge in [0.25, 0.3) is 0 Å². The third-order valence-electron chi connectivity index (χ3n) is 4.27. The van der Waals surface area contributed by atoms with Crippen molar-refractivity contribution >= 4 is 11.6 Å². The number of oxazole rings is 1. The summed E-state index contributed by atoms with van der Waals surface area (Å²) < 4.78 is 5.64. The lowest BCUT2D eigenvalue weighted by Crippen LogP contribution is -2.33. The van der Waals surface area contributed by atoms with Crippen molar-refractivity contribution in [2.45, 2.75) is 46.2 Å². The predicted octanol–water partition coefficient (Wildman–Crippen LogP) is 4.61. The van der Waals surface area contributed by atoms with Crippen molar-refractivity contribution in [3.05, 3.63) is 52.2 Å². The molecule has 2 aromatic rings. The van der Waals surface area contributed by atoms with Crippen molar-refractivity contribution in [2.75, 3.05) is 0 Å². The number of hydrogen-bond donors (Lipinski definition) is 1. The second kappa shape index (κ2) is 5.15. The molecule has 1 aromatic heterocycles. The van der Waals surface area contributed by atoms with E-state index >= 15 is 0 Å². The molecule has 1 N–H and O–H groups in total. The van der Waals surface area contributed by atoms with Gasteiger partial charge < -0.3 is 4.42 Å². The molecule has 3 rings (SSSR count). The van der Waals surface area contributed by atoms with Crippen LogP contribution in [0.4, 0.5) is 0 Å². The lowest BCUT2D eigenvalue weighted by Gasteiger charge is -2.30. The molecule has 3 nitrogen and oxygen atoms in total. The number of nitrogens with one attached hydrogen (secondary N) is 1. The van der Waals surface area contributed by atoms with Gasteiger partial charge in [-0.05, 0) is 48.9 Å². The number of halogens is 1. The Labute approximate surface area is 130 Å². The normalized spacial score (nSPS) is 21.3. The average molecular weight is 305 g/mol. The number of hydrogen-bond acceptors (Lipinski definition) is 3. The van der Waals surface area contributed by atoms with Crippen LogP contribution in [0.3, 0.4) is 0 Å². The van der Waals surface area contributed by atoms with E-state index in [-0.39, 0.29) is 17.5 Å². The average Bonchev–Trinajstić information content (AvgIpc) is 2.93. The maximum Gasteiger partial charge on any atom is 0.211 e. The molecule has 4 heteroatoms. The summed E-state index contributed by atoms with van der Waals surface area (Å²) in [5.41, 5.74) is 2.81. The predicted molar refractivity (Wildman–Crippen MR) is 84.5 cm³/mol. The number of aryl methyl sites for hydroxylation is 1. The van der Waals surface area contributed by atoms with Crippen LogP contribution in [0.25, 0.3) is 0 Å². The fraction of sp³-hybridized carbons (Fsp3) is 0.471. The van der Waals surface area contributed by atoms with Gasteiger partial charge in [0.15, 0.2) is 0 Å². The van der Waals surface area contributed by atoms with Gasteiger partial charge in [-0.15, -0.1) is 0 Å². The molecule has 21 heavy (non-hydrogen) atoms. The van der Waals surface area contributed by atoms with E-state index in [1.54, 1.807) is 6.20 Å².